The minimum atomic E-state index is -1.32. The Hall–Kier alpha value is -3.42. The molecule has 190 valence electrons. The van der Waals surface area contributed by atoms with Gasteiger partial charge in [-0.05, 0) is 80.3 Å². The fraction of sp³-hybridized carbons (Fsp3) is 0.286. The number of phenols is 1. The molecule has 0 amide bonds. The van der Waals surface area contributed by atoms with Crippen molar-refractivity contribution in [1.29, 1.82) is 0 Å². The van der Waals surface area contributed by atoms with E-state index in [9.17, 15) is 31.4 Å². The molecule has 1 aliphatic carbocycles. The zero-order valence-corrected chi connectivity index (χ0v) is 19.5. The van der Waals surface area contributed by atoms with Gasteiger partial charge >= 0.3 is 0 Å². The summed E-state index contributed by atoms with van der Waals surface area (Å²) in [5.74, 6) is -8.27. The van der Waals surface area contributed by atoms with E-state index < -0.39 is 46.2 Å². The number of aryl methyl sites for hydroxylation is 1. The van der Waals surface area contributed by atoms with Crippen molar-refractivity contribution in [2.45, 2.75) is 39.0 Å². The molecule has 8 heteroatoms. The van der Waals surface area contributed by atoms with E-state index in [2.05, 4.69) is 0 Å². The van der Waals surface area contributed by atoms with Gasteiger partial charge in [0.1, 0.15) is 0 Å². The molecular formula is C28H24F6O2. The standard InChI is InChI=1S/C28H24F6O2/c1-2-36-22-14-12-20(26(32)28(22)34)19-10-9-17(23(29)25(19)31)8-5-15-3-6-16(7-4-15)18-11-13-21(35)27(33)24(18)30/h6,9-15,35H,2-5,7-8H2,1H3. The van der Waals surface area contributed by atoms with Gasteiger partial charge in [-0.1, -0.05) is 18.2 Å². The Bertz CT molecular complexity index is 1320. The molecule has 0 spiro atoms. The van der Waals surface area contributed by atoms with Gasteiger partial charge in [0.05, 0.1) is 6.61 Å². The van der Waals surface area contributed by atoms with Crippen LogP contribution in [0.5, 0.6) is 11.5 Å². The van der Waals surface area contributed by atoms with E-state index >= 15 is 0 Å². The van der Waals surface area contributed by atoms with Crippen molar-refractivity contribution in [2.24, 2.45) is 5.92 Å². The Labute approximate surface area is 204 Å². The summed E-state index contributed by atoms with van der Waals surface area (Å²) in [4.78, 5) is 0. The predicted molar refractivity (Wildman–Crippen MR) is 125 cm³/mol. The summed E-state index contributed by atoms with van der Waals surface area (Å²) in [7, 11) is 0. The molecule has 0 bridgehead atoms. The first-order chi connectivity index (χ1) is 17.2. The van der Waals surface area contributed by atoms with Gasteiger partial charge in [0, 0.05) is 16.7 Å². The van der Waals surface area contributed by atoms with Crippen molar-refractivity contribution in [2.75, 3.05) is 6.61 Å². The summed E-state index contributed by atoms with van der Waals surface area (Å²) in [6.45, 7) is 1.73. The van der Waals surface area contributed by atoms with Crippen LogP contribution in [0.3, 0.4) is 0 Å². The van der Waals surface area contributed by atoms with Crippen LogP contribution in [-0.2, 0) is 6.42 Å². The van der Waals surface area contributed by atoms with E-state index in [1.54, 1.807) is 13.0 Å². The summed E-state index contributed by atoms with van der Waals surface area (Å²) in [5, 5.41) is 9.29. The minimum Gasteiger partial charge on any atom is -0.505 e. The summed E-state index contributed by atoms with van der Waals surface area (Å²) < 4.78 is 91.1. The van der Waals surface area contributed by atoms with Crippen molar-refractivity contribution in [3.05, 3.63) is 88.5 Å². The smallest absolute Gasteiger partial charge is 0.201 e. The second-order valence-electron chi connectivity index (χ2n) is 8.74. The highest BCUT2D eigenvalue weighted by molar-refractivity contribution is 5.68. The molecule has 2 nitrogen and oxygen atoms in total. The number of hydrogen-bond acceptors (Lipinski definition) is 2. The molecule has 0 heterocycles. The van der Waals surface area contributed by atoms with Crippen LogP contribution in [-0.4, -0.2) is 11.7 Å². The van der Waals surface area contributed by atoms with E-state index in [0.717, 1.165) is 12.1 Å². The third-order valence-electron chi connectivity index (χ3n) is 6.55. The number of rotatable bonds is 7. The number of phenolic OH excluding ortho intramolecular Hbond substituents is 1. The van der Waals surface area contributed by atoms with Gasteiger partial charge in [0.25, 0.3) is 0 Å². The number of allylic oxidation sites excluding steroid dienone is 2. The summed E-state index contributed by atoms with van der Waals surface area (Å²) in [6.07, 6.45) is 4.22. The highest BCUT2D eigenvalue weighted by atomic mass is 19.2. The van der Waals surface area contributed by atoms with Crippen molar-refractivity contribution in [3.8, 4) is 22.6 Å². The van der Waals surface area contributed by atoms with Gasteiger partial charge in [0.15, 0.2) is 34.8 Å². The number of aromatic hydroxyl groups is 1. The van der Waals surface area contributed by atoms with Crippen molar-refractivity contribution in [1.82, 2.24) is 0 Å². The van der Waals surface area contributed by atoms with Crippen LogP contribution in [0.2, 0.25) is 0 Å². The second-order valence-corrected chi connectivity index (χ2v) is 8.74. The van der Waals surface area contributed by atoms with Gasteiger partial charge < -0.3 is 9.84 Å². The maximum Gasteiger partial charge on any atom is 0.201 e. The highest BCUT2D eigenvalue weighted by Crippen LogP contribution is 2.37. The Morgan fingerprint density at radius 3 is 2.08 bits per heavy atom. The molecule has 1 atom stereocenters. The zero-order chi connectivity index (χ0) is 26.0. The molecular weight excluding hydrogens is 482 g/mol. The van der Waals surface area contributed by atoms with Crippen molar-refractivity contribution < 1.29 is 36.2 Å². The first-order valence-corrected chi connectivity index (χ1v) is 11.7. The Balaban J connectivity index is 1.45. The van der Waals surface area contributed by atoms with Gasteiger partial charge in [0.2, 0.25) is 11.6 Å². The Morgan fingerprint density at radius 1 is 0.778 bits per heavy atom. The van der Waals surface area contributed by atoms with Crippen LogP contribution in [0.25, 0.3) is 16.7 Å². The first-order valence-electron chi connectivity index (χ1n) is 11.7. The quantitative estimate of drug-likeness (QED) is 0.328. The Kier molecular flexibility index (Phi) is 7.62. The lowest BCUT2D eigenvalue weighted by molar-refractivity contribution is 0.314. The van der Waals surface area contributed by atoms with Gasteiger partial charge in [-0.2, -0.15) is 8.78 Å². The molecule has 3 aromatic rings. The SMILES string of the molecule is CCOc1ccc(-c2ccc(CCC3CC=C(c4ccc(O)c(F)c4F)CC3)c(F)c2F)c(F)c1F. The van der Waals surface area contributed by atoms with E-state index in [0.29, 0.717) is 31.3 Å². The number of benzene rings is 3. The molecule has 1 N–H and O–H groups in total. The number of ether oxygens (including phenoxy) is 1. The lowest BCUT2D eigenvalue weighted by atomic mass is 9.83. The molecule has 36 heavy (non-hydrogen) atoms. The highest BCUT2D eigenvalue weighted by Gasteiger charge is 2.23. The van der Waals surface area contributed by atoms with Crippen LogP contribution in [0.15, 0.2) is 42.5 Å². The van der Waals surface area contributed by atoms with Gasteiger partial charge in [-0.25, -0.2) is 17.6 Å². The fourth-order valence-electron chi connectivity index (χ4n) is 4.54. The number of hydrogen-bond donors (Lipinski definition) is 1. The maximum atomic E-state index is 14.8. The average molecular weight is 506 g/mol. The van der Waals surface area contributed by atoms with E-state index in [-0.39, 0.29) is 41.4 Å². The molecule has 0 aliphatic heterocycles. The minimum absolute atomic E-state index is 0.102. The summed E-state index contributed by atoms with van der Waals surface area (Å²) in [6, 6.07) is 7.35. The maximum absolute atomic E-state index is 14.8. The largest absolute Gasteiger partial charge is 0.505 e. The van der Waals surface area contributed by atoms with Crippen molar-refractivity contribution >= 4 is 5.57 Å². The summed E-state index contributed by atoms with van der Waals surface area (Å²) in [5.41, 5.74) is 0.0644. The molecule has 1 aliphatic rings. The molecule has 4 rings (SSSR count). The normalized spacial score (nSPS) is 15.6. The van der Waals surface area contributed by atoms with E-state index in [1.165, 1.54) is 24.3 Å². The van der Waals surface area contributed by atoms with E-state index in [4.69, 9.17) is 4.74 Å². The third kappa shape index (κ3) is 4.94. The molecule has 0 fully saturated rings. The van der Waals surface area contributed by atoms with Crippen LogP contribution in [0.1, 0.15) is 43.7 Å². The van der Waals surface area contributed by atoms with Gasteiger partial charge in [-0.3, -0.25) is 0 Å². The lowest BCUT2D eigenvalue weighted by Crippen LogP contribution is -2.09. The van der Waals surface area contributed by atoms with E-state index in [1.807, 2.05) is 0 Å². The van der Waals surface area contributed by atoms with Gasteiger partial charge in [-0.15, -0.1) is 0 Å². The predicted octanol–water partition coefficient (Wildman–Crippen LogP) is 8.11. The molecule has 3 aromatic carbocycles. The fourth-order valence-corrected chi connectivity index (χ4v) is 4.54. The van der Waals surface area contributed by atoms with Crippen LogP contribution in [0.4, 0.5) is 26.3 Å². The van der Waals surface area contributed by atoms with Crippen LogP contribution in [0, 0.1) is 40.8 Å². The van der Waals surface area contributed by atoms with Crippen LogP contribution >= 0.6 is 0 Å². The Morgan fingerprint density at radius 2 is 1.42 bits per heavy atom. The molecule has 0 saturated heterocycles. The van der Waals surface area contributed by atoms with Crippen molar-refractivity contribution in [3.63, 3.8) is 0 Å². The first kappa shape index (κ1) is 25.7. The summed E-state index contributed by atoms with van der Waals surface area (Å²) >= 11 is 0. The average Bonchev–Trinajstić information content (AvgIpc) is 2.87. The lowest BCUT2D eigenvalue weighted by Gasteiger charge is -2.23. The van der Waals surface area contributed by atoms with Crippen LogP contribution < -0.4 is 4.74 Å². The third-order valence-corrected chi connectivity index (χ3v) is 6.55. The molecule has 0 aromatic heterocycles. The monoisotopic (exact) mass is 506 g/mol. The second kappa shape index (κ2) is 10.7. The molecule has 0 radical (unpaired) electrons. The zero-order valence-electron chi connectivity index (χ0n) is 19.5. The number of halogens is 6. The molecule has 0 saturated carbocycles. The molecule has 1 unspecified atom stereocenters. The topological polar surface area (TPSA) is 29.5 Å².